The van der Waals surface area contributed by atoms with Crippen molar-refractivity contribution in [2.24, 2.45) is 5.41 Å². The summed E-state index contributed by atoms with van der Waals surface area (Å²) in [5.74, 6) is -0.964. The van der Waals surface area contributed by atoms with Gasteiger partial charge in [0.15, 0.2) is 0 Å². The van der Waals surface area contributed by atoms with Crippen molar-refractivity contribution in [2.75, 3.05) is 5.32 Å². The average Bonchev–Trinajstić information content (AvgIpc) is 3.37. The van der Waals surface area contributed by atoms with Gasteiger partial charge in [0.1, 0.15) is 0 Å². The molecule has 3 N–H and O–H groups in total. The molecule has 1 heterocycles. The van der Waals surface area contributed by atoms with Gasteiger partial charge in [-0.25, -0.2) is 9.78 Å². The highest BCUT2D eigenvalue weighted by molar-refractivity contribution is 5.96. The zero-order valence-electron chi connectivity index (χ0n) is 20.0. The summed E-state index contributed by atoms with van der Waals surface area (Å²) in [5, 5.41) is 12.0. The van der Waals surface area contributed by atoms with Crippen LogP contribution in [-0.2, 0) is 16.0 Å². The number of hydrogen-bond donors (Lipinski definition) is 3. The van der Waals surface area contributed by atoms with Gasteiger partial charge in [0.2, 0.25) is 5.91 Å². The first kappa shape index (κ1) is 23.5. The van der Waals surface area contributed by atoms with Gasteiger partial charge in [0.05, 0.1) is 22.8 Å². The fourth-order valence-electron chi connectivity index (χ4n) is 5.18. The minimum atomic E-state index is -1.00. The molecule has 182 valence electrons. The average molecular weight is 480 g/mol. The second-order valence-corrected chi connectivity index (χ2v) is 9.60. The molecular weight excluding hydrogens is 450 g/mol. The summed E-state index contributed by atoms with van der Waals surface area (Å²) in [6, 6.07) is 22.0. The Bertz CT molecular complexity index is 1410. The van der Waals surface area contributed by atoms with Crippen LogP contribution in [0.3, 0.4) is 0 Å². The number of benzene rings is 3. The molecule has 1 amide bonds. The smallest absolute Gasteiger partial charge is 0.328 e. The molecule has 1 aromatic heterocycles. The second kappa shape index (κ2) is 10.2. The van der Waals surface area contributed by atoms with E-state index in [2.05, 4.69) is 51.7 Å². The molecule has 1 fully saturated rings. The Kier molecular flexibility index (Phi) is 6.67. The third kappa shape index (κ3) is 5.23. The van der Waals surface area contributed by atoms with Crippen molar-refractivity contribution >= 4 is 34.7 Å². The Labute approximate surface area is 210 Å². The van der Waals surface area contributed by atoms with Crippen LogP contribution in [0.1, 0.15) is 43.2 Å². The Morgan fingerprint density at radius 2 is 1.75 bits per heavy atom. The van der Waals surface area contributed by atoms with Crippen LogP contribution in [0.2, 0.25) is 0 Å². The number of aromatic amines is 1. The molecule has 0 radical (unpaired) electrons. The van der Waals surface area contributed by atoms with E-state index in [0.29, 0.717) is 12.1 Å². The first-order chi connectivity index (χ1) is 17.5. The molecule has 5 rings (SSSR count). The van der Waals surface area contributed by atoms with E-state index in [9.17, 15) is 9.59 Å². The normalized spacial score (nSPS) is 15.2. The zero-order chi connectivity index (χ0) is 25.0. The molecule has 0 aliphatic heterocycles. The van der Waals surface area contributed by atoms with E-state index >= 15 is 0 Å². The van der Waals surface area contributed by atoms with Crippen LogP contribution in [0.25, 0.3) is 28.2 Å². The number of carbonyl (C=O) groups is 2. The van der Waals surface area contributed by atoms with Crippen molar-refractivity contribution in [1.29, 1.82) is 0 Å². The number of aliphatic carboxylic acids is 1. The number of anilines is 1. The quantitative estimate of drug-likeness (QED) is 0.265. The van der Waals surface area contributed by atoms with Crippen molar-refractivity contribution in [3.8, 4) is 11.1 Å². The summed E-state index contributed by atoms with van der Waals surface area (Å²) in [4.78, 5) is 31.9. The van der Waals surface area contributed by atoms with Crippen molar-refractivity contribution in [3.63, 3.8) is 0 Å². The number of fused-ring (bicyclic) bond motifs is 1. The summed E-state index contributed by atoms with van der Waals surface area (Å²) in [6.45, 7) is 0. The van der Waals surface area contributed by atoms with Crippen LogP contribution in [0.15, 0.2) is 79.1 Å². The summed E-state index contributed by atoms with van der Waals surface area (Å²) >= 11 is 0. The van der Waals surface area contributed by atoms with Gasteiger partial charge in [-0.15, -0.1) is 0 Å². The van der Waals surface area contributed by atoms with E-state index < -0.39 is 11.4 Å². The molecule has 4 aromatic rings. The number of nitrogens with zero attached hydrogens (tertiary/aromatic N) is 1. The molecule has 3 aromatic carbocycles. The highest BCUT2D eigenvalue weighted by atomic mass is 16.4. The van der Waals surface area contributed by atoms with E-state index in [0.717, 1.165) is 71.5 Å². The molecule has 6 heteroatoms. The highest BCUT2D eigenvalue weighted by Gasteiger charge is 2.39. The standard InChI is InChI=1S/C30H29N3O3/c34-28(35)14-9-21-5-4-6-25(17-21)33-29(36)30(15-2-1-3-16-30)19-22-7-10-23(11-8-22)24-12-13-26-27(18-24)32-20-31-26/h4-14,17-18,20H,1-3,15-16,19H2,(H,31,32)(H,33,36)(H,34,35)/b14-9+. The lowest BCUT2D eigenvalue weighted by molar-refractivity contribution is -0.131. The summed E-state index contributed by atoms with van der Waals surface area (Å²) in [6.07, 6.45) is 9.96. The maximum atomic E-state index is 13.6. The molecule has 0 atom stereocenters. The molecule has 1 saturated carbocycles. The van der Waals surface area contributed by atoms with Gasteiger partial charge >= 0.3 is 5.97 Å². The lowest BCUT2D eigenvalue weighted by Gasteiger charge is -2.36. The Hall–Kier alpha value is -4.19. The molecule has 6 nitrogen and oxygen atoms in total. The van der Waals surface area contributed by atoms with E-state index in [1.54, 1.807) is 12.4 Å². The highest BCUT2D eigenvalue weighted by Crippen LogP contribution is 2.40. The van der Waals surface area contributed by atoms with Crippen LogP contribution in [-0.4, -0.2) is 27.0 Å². The number of hydrogen-bond acceptors (Lipinski definition) is 3. The number of carboxylic acid groups (broad SMARTS) is 1. The third-order valence-electron chi connectivity index (χ3n) is 7.11. The number of carboxylic acids is 1. The van der Waals surface area contributed by atoms with Crippen LogP contribution in [0.4, 0.5) is 5.69 Å². The number of carbonyl (C=O) groups excluding carboxylic acids is 1. The molecule has 0 saturated heterocycles. The SMILES string of the molecule is O=C(O)/C=C/c1cccc(NC(=O)C2(Cc3ccc(-c4ccc5nc[nH]c5c4)cc3)CCCCC2)c1. The second-order valence-electron chi connectivity index (χ2n) is 9.60. The summed E-state index contributed by atoms with van der Waals surface area (Å²) in [5.41, 5.74) is 6.32. The van der Waals surface area contributed by atoms with E-state index in [4.69, 9.17) is 5.11 Å². The largest absolute Gasteiger partial charge is 0.478 e. The van der Waals surface area contributed by atoms with Crippen molar-refractivity contribution in [1.82, 2.24) is 9.97 Å². The van der Waals surface area contributed by atoms with Gasteiger partial charge < -0.3 is 15.4 Å². The minimum absolute atomic E-state index is 0.0373. The molecule has 0 bridgehead atoms. The number of nitrogens with one attached hydrogen (secondary N) is 2. The Balaban J connectivity index is 1.34. The number of H-pyrrole nitrogens is 1. The summed E-state index contributed by atoms with van der Waals surface area (Å²) in [7, 11) is 0. The van der Waals surface area contributed by atoms with Crippen molar-refractivity contribution in [3.05, 3.63) is 90.3 Å². The number of imidazole rings is 1. The Morgan fingerprint density at radius 1 is 0.972 bits per heavy atom. The van der Waals surface area contributed by atoms with Crippen LogP contribution < -0.4 is 5.32 Å². The molecule has 36 heavy (non-hydrogen) atoms. The zero-order valence-corrected chi connectivity index (χ0v) is 20.0. The molecule has 1 aliphatic carbocycles. The number of aromatic nitrogens is 2. The maximum absolute atomic E-state index is 13.6. The van der Waals surface area contributed by atoms with E-state index in [1.165, 1.54) is 6.08 Å². The maximum Gasteiger partial charge on any atom is 0.328 e. The van der Waals surface area contributed by atoms with Crippen LogP contribution in [0, 0.1) is 5.41 Å². The van der Waals surface area contributed by atoms with Gasteiger partial charge in [-0.2, -0.15) is 0 Å². The molecule has 0 spiro atoms. The predicted molar refractivity (Wildman–Crippen MR) is 142 cm³/mol. The molecule has 0 unspecified atom stereocenters. The van der Waals surface area contributed by atoms with Gasteiger partial charge in [-0.05, 0) is 71.9 Å². The lowest BCUT2D eigenvalue weighted by Crippen LogP contribution is -2.40. The van der Waals surface area contributed by atoms with Gasteiger partial charge in [-0.3, -0.25) is 4.79 Å². The fourth-order valence-corrected chi connectivity index (χ4v) is 5.18. The number of amides is 1. The topological polar surface area (TPSA) is 95.1 Å². The number of rotatable bonds is 7. The van der Waals surface area contributed by atoms with Crippen molar-refractivity contribution < 1.29 is 14.7 Å². The minimum Gasteiger partial charge on any atom is -0.478 e. The molecule has 1 aliphatic rings. The van der Waals surface area contributed by atoms with E-state index in [-0.39, 0.29) is 5.91 Å². The lowest BCUT2D eigenvalue weighted by atomic mass is 9.69. The van der Waals surface area contributed by atoms with Crippen molar-refractivity contribution in [2.45, 2.75) is 38.5 Å². The molecular formula is C30H29N3O3. The Morgan fingerprint density at radius 3 is 2.53 bits per heavy atom. The third-order valence-corrected chi connectivity index (χ3v) is 7.11. The summed E-state index contributed by atoms with van der Waals surface area (Å²) < 4.78 is 0. The van der Waals surface area contributed by atoms with Gasteiger partial charge in [0.25, 0.3) is 0 Å². The van der Waals surface area contributed by atoms with Gasteiger partial charge in [-0.1, -0.05) is 61.7 Å². The fraction of sp³-hybridized carbons (Fsp3) is 0.233. The van der Waals surface area contributed by atoms with Gasteiger partial charge in [0, 0.05) is 11.8 Å². The first-order valence-electron chi connectivity index (χ1n) is 12.4. The monoisotopic (exact) mass is 479 g/mol. The first-order valence-corrected chi connectivity index (χ1v) is 12.4. The predicted octanol–water partition coefficient (Wildman–Crippen LogP) is 6.46. The van der Waals surface area contributed by atoms with E-state index in [1.807, 2.05) is 24.3 Å². The van der Waals surface area contributed by atoms with Crippen LogP contribution >= 0.6 is 0 Å². The van der Waals surface area contributed by atoms with Crippen LogP contribution in [0.5, 0.6) is 0 Å².